The molecule has 0 radical (unpaired) electrons. The standard InChI is InChI=1S/C21H16N2O3.CH4O3S/c22-20(23)16-11-12-18(26-21(25)15-9-5-2-6-10-15)17(13-16)19(24)14-7-3-1-4-8-14;1-5(2,3)4/h1-13H,(H3,22,23);1H3,(H,2,3,4). The Morgan fingerprint density at radius 1 is 0.871 bits per heavy atom. The lowest BCUT2D eigenvalue weighted by Gasteiger charge is -2.11. The first-order chi connectivity index (χ1) is 14.6. The second-order valence-electron chi connectivity index (χ2n) is 6.31. The summed E-state index contributed by atoms with van der Waals surface area (Å²) < 4.78 is 31.3. The van der Waals surface area contributed by atoms with Crippen LogP contribution in [0.25, 0.3) is 0 Å². The van der Waals surface area contributed by atoms with Gasteiger partial charge in [0.2, 0.25) is 0 Å². The number of carbonyl (C=O) groups is 2. The first-order valence-corrected chi connectivity index (χ1v) is 10.7. The van der Waals surface area contributed by atoms with Crippen molar-refractivity contribution in [1.29, 1.82) is 5.41 Å². The number of ketones is 1. The molecule has 0 spiro atoms. The van der Waals surface area contributed by atoms with E-state index in [-0.39, 0.29) is 22.9 Å². The summed E-state index contributed by atoms with van der Waals surface area (Å²) in [6.45, 7) is 0. The highest BCUT2D eigenvalue weighted by Crippen LogP contribution is 2.24. The van der Waals surface area contributed by atoms with E-state index in [0.29, 0.717) is 22.9 Å². The number of ether oxygens (including phenoxy) is 1. The summed E-state index contributed by atoms with van der Waals surface area (Å²) in [4.78, 5) is 25.2. The fourth-order valence-corrected chi connectivity index (χ4v) is 2.44. The first kappa shape index (κ1) is 23.5. The highest BCUT2D eigenvalue weighted by atomic mass is 32.2. The molecule has 0 unspecified atom stereocenters. The number of benzene rings is 3. The molecule has 0 aliphatic carbocycles. The number of nitrogens with two attached hydrogens (primary N) is 1. The van der Waals surface area contributed by atoms with Crippen LogP contribution in [0.4, 0.5) is 0 Å². The summed E-state index contributed by atoms with van der Waals surface area (Å²) in [5.41, 5.74) is 6.91. The topological polar surface area (TPSA) is 148 Å². The Hall–Kier alpha value is -3.82. The van der Waals surface area contributed by atoms with Crippen LogP contribution in [-0.4, -0.2) is 36.8 Å². The molecule has 31 heavy (non-hydrogen) atoms. The number of nitrogen functional groups attached to an aromatic ring is 1. The van der Waals surface area contributed by atoms with Gasteiger partial charge < -0.3 is 10.5 Å². The van der Waals surface area contributed by atoms with Crippen molar-refractivity contribution in [2.45, 2.75) is 0 Å². The zero-order valence-electron chi connectivity index (χ0n) is 16.5. The fraction of sp³-hybridized carbons (Fsp3) is 0.0455. The molecule has 0 aliphatic heterocycles. The molecule has 0 aliphatic rings. The van der Waals surface area contributed by atoms with Crippen LogP contribution >= 0.6 is 0 Å². The van der Waals surface area contributed by atoms with Crippen molar-refractivity contribution in [3.63, 3.8) is 0 Å². The van der Waals surface area contributed by atoms with Crippen LogP contribution in [-0.2, 0) is 10.1 Å². The summed E-state index contributed by atoms with van der Waals surface area (Å²) in [5, 5.41) is 7.58. The van der Waals surface area contributed by atoms with Crippen LogP contribution in [0.2, 0.25) is 0 Å². The molecule has 3 aromatic rings. The lowest BCUT2D eigenvalue weighted by atomic mass is 10.00. The van der Waals surface area contributed by atoms with Gasteiger partial charge in [-0.25, -0.2) is 4.79 Å². The van der Waals surface area contributed by atoms with Crippen molar-refractivity contribution < 1.29 is 27.3 Å². The Morgan fingerprint density at radius 3 is 1.84 bits per heavy atom. The van der Waals surface area contributed by atoms with E-state index in [1.165, 1.54) is 18.2 Å². The number of hydrogen-bond donors (Lipinski definition) is 3. The Kier molecular flexibility index (Phi) is 7.78. The predicted molar refractivity (Wildman–Crippen MR) is 116 cm³/mol. The number of hydrogen-bond acceptors (Lipinski definition) is 6. The van der Waals surface area contributed by atoms with Crippen molar-refractivity contribution in [3.8, 4) is 5.75 Å². The van der Waals surface area contributed by atoms with Gasteiger partial charge in [0.15, 0.2) is 5.78 Å². The van der Waals surface area contributed by atoms with Crippen molar-refractivity contribution in [2.75, 3.05) is 6.26 Å². The summed E-state index contributed by atoms with van der Waals surface area (Å²) in [7, 11) is -3.67. The van der Waals surface area contributed by atoms with E-state index in [1.807, 2.05) is 0 Å². The predicted octanol–water partition coefficient (Wildman–Crippen LogP) is 2.92. The van der Waals surface area contributed by atoms with E-state index in [0.717, 1.165) is 0 Å². The maximum absolute atomic E-state index is 12.9. The Morgan fingerprint density at radius 2 is 1.35 bits per heavy atom. The van der Waals surface area contributed by atoms with Crippen LogP contribution < -0.4 is 10.5 Å². The number of carbonyl (C=O) groups excluding carboxylic acids is 2. The molecule has 4 N–H and O–H groups in total. The Labute approximate surface area is 179 Å². The third-order valence-corrected chi connectivity index (χ3v) is 3.78. The Balaban J connectivity index is 0.000000614. The van der Waals surface area contributed by atoms with Crippen molar-refractivity contribution in [3.05, 3.63) is 101 Å². The maximum Gasteiger partial charge on any atom is 0.343 e. The minimum Gasteiger partial charge on any atom is -0.422 e. The molecular weight excluding hydrogens is 420 g/mol. The molecule has 3 rings (SSSR count). The largest absolute Gasteiger partial charge is 0.422 e. The lowest BCUT2D eigenvalue weighted by Crippen LogP contribution is -2.15. The van der Waals surface area contributed by atoms with Crippen LogP contribution in [0.5, 0.6) is 5.75 Å². The number of nitrogens with one attached hydrogen (secondary N) is 1. The molecule has 0 saturated heterocycles. The average Bonchev–Trinajstić information content (AvgIpc) is 2.73. The highest BCUT2D eigenvalue weighted by Gasteiger charge is 2.19. The van der Waals surface area contributed by atoms with Gasteiger partial charge in [0.05, 0.1) is 17.4 Å². The Bertz CT molecular complexity index is 1190. The van der Waals surface area contributed by atoms with Gasteiger partial charge >= 0.3 is 5.97 Å². The minimum atomic E-state index is -3.67. The number of amidine groups is 1. The molecule has 0 aromatic heterocycles. The maximum atomic E-state index is 12.9. The van der Waals surface area contributed by atoms with Crippen LogP contribution in [0.1, 0.15) is 31.8 Å². The van der Waals surface area contributed by atoms with E-state index in [1.54, 1.807) is 60.7 Å². The smallest absolute Gasteiger partial charge is 0.343 e. The molecule has 9 heteroatoms. The fourth-order valence-electron chi connectivity index (χ4n) is 2.44. The van der Waals surface area contributed by atoms with E-state index in [9.17, 15) is 18.0 Å². The third kappa shape index (κ3) is 7.50. The van der Waals surface area contributed by atoms with E-state index in [2.05, 4.69) is 0 Å². The van der Waals surface area contributed by atoms with Crippen molar-refractivity contribution >= 4 is 27.7 Å². The normalized spacial score (nSPS) is 10.4. The zero-order valence-corrected chi connectivity index (χ0v) is 17.3. The average molecular weight is 440 g/mol. The van der Waals surface area contributed by atoms with E-state index in [4.69, 9.17) is 20.4 Å². The zero-order chi connectivity index (χ0) is 23.0. The van der Waals surface area contributed by atoms with Gasteiger partial charge in [-0.1, -0.05) is 48.5 Å². The van der Waals surface area contributed by atoms with Gasteiger partial charge in [0.25, 0.3) is 10.1 Å². The number of rotatable bonds is 5. The van der Waals surface area contributed by atoms with Crippen LogP contribution in [0, 0.1) is 5.41 Å². The molecule has 0 amide bonds. The minimum absolute atomic E-state index is 0.123. The lowest BCUT2D eigenvalue weighted by molar-refractivity contribution is 0.0733. The molecule has 0 heterocycles. The van der Waals surface area contributed by atoms with Gasteiger partial charge in [-0.2, -0.15) is 8.42 Å². The van der Waals surface area contributed by atoms with Crippen LogP contribution in [0.15, 0.2) is 78.9 Å². The molecule has 0 bridgehead atoms. The SMILES string of the molecule is CS(=O)(=O)O.N=C(N)c1ccc(OC(=O)c2ccccc2)c(C(=O)c2ccccc2)c1. The second-order valence-corrected chi connectivity index (χ2v) is 7.77. The summed E-state index contributed by atoms with van der Waals surface area (Å²) in [6, 6.07) is 21.6. The molecule has 0 fully saturated rings. The van der Waals surface area contributed by atoms with Crippen molar-refractivity contribution in [1.82, 2.24) is 0 Å². The molecule has 0 atom stereocenters. The van der Waals surface area contributed by atoms with Gasteiger partial charge in [-0.3, -0.25) is 14.8 Å². The number of esters is 1. The van der Waals surface area contributed by atoms with Gasteiger partial charge in [0.1, 0.15) is 11.6 Å². The summed E-state index contributed by atoms with van der Waals surface area (Å²) in [6.07, 6.45) is 0.715. The van der Waals surface area contributed by atoms with Crippen LogP contribution in [0.3, 0.4) is 0 Å². The van der Waals surface area contributed by atoms with E-state index < -0.39 is 16.1 Å². The summed E-state index contributed by atoms with van der Waals surface area (Å²) in [5.74, 6) is -0.932. The molecule has 8 nitrogen and oxygen atoms in total. The monoisotopic (exact) mass is 440 g/mol. The molecule has 3 aromatic carbocycles. The molecular formula is C22H20N2O6S. The third-order valence-electron chi connectivity index (χ3n) is 3.78. The summed E-state index contributed by atoms with van der Waals surface area (Å²) >= 11 is 0. The molecule has 160 valence electrons. The molecule has 0 saturated carbocycles. The quantitative estimate of drug-likeness (QED) is 0.138. The van der Waals surface area contributed by atoms with Gasteiger partial charge in [0, 0.05) is 11.1 Å². The first-order valence-electron chi connectivity index (χ1n) is 8.84. The van der Waals surface area contributed by atoms with Gasteiger partial charge in [-0.05, 0) is 30.3 Å². The van der Waals surface area contributed by atoms with Crippen molar-refractivity contribution in [2.24, 2.45) is 5.73 Å². The second kappa shape index (κ2) is 10.3. The van der Waals surface area contributed by atoms with E-state index >= 15 is 0 Å². The highest BCUT2D eigenvalue weighted by molar-refractivity contribution is 7.85. The van der Waals surface area contributed by atoms with Gasteiger partial charge in [-0.15, -0.1) is 0 Å².